The Balaban J connectivity index is 3.27. The van der Waals surface area contributed by atoms with Crippen LogP contribution in [0.25, 0.3) is 0 Å². The van der Waals surface area contributed by atoms with Crippen LogP contribution >= 0.6 is 0 Å². The highest BCUT2D eigenvalue weighted by Crippen LogP contribution is 2.24. The lowest BCUT2D eigenvalue weighted by Crippen LogP contribution is -2.35. The van der Waals surface area contributed by atoms with Gasteiger partial charge in [-0.1, -0.05) is 6.92 Å². The zero-order valence-electron chi connectivity index (χ0n) is 10.8. The maximum Gasteiger partial charge on any atom is 0.272 e. The van der Waals surface area contributed by atoms with E-state index in [1.54, 1.807) is 6.92 Å². The van der Waals surface area contributed by atoms with Crippen molar-refractivity contribution in [3.05, 3.63) is 34.1 Å². The van der Waals surface area contributed by atoms with E-state index in [-0.39, 0.29) is 6.04 Å². The van der Waals surface area contributed by atoms with Crippen LogP contribution in [0, 0.1) is 15.9 Å². The average molecular weight is 290 g/mol. The van der Waals surface area contributed by atoms with E-state index in [9.17, 15) is 22.9 Å². The van der Waals surface area contributed by atoms with E-state index in [0.29, 0.717) is 12.5 Å². The molecule has 1 unspecified atom stereocenters. The van der Waals surface area contributed by atoms with Gasteiger partial charge in [0, 0.05) is 19.2 Å². The van der Waals surface area contributed by atoms with Gasteiger partial charge in [-0.3, -0.25) is 10.1 Å². The van der Waals surface area contributed by atoms with E-state index >= 15 is 0 Å². The SMILES string of the molecule is CCC(C)N(C)S(=O)(=O)c1ccc([N+](=O)[O-])cc1F. The van der Waals surface area contributed by atoms with Crippen LogP contribution in [-0.4, -0.2) is 30.7 Å². The van der Waals surface area contributed by atoms with Gasteiger partial charge in [0.1, 0.15) is 10.7 Å². The maximum atomic E-state index is 13.7. The number of non-ortho nitro benzene ring substituents is 1. The number of nitro benzene ring substituents is 1. The highest BCUT2D eigenvalue weighted by molar-refractivity contribution is 7.89. The first kappa shape index (κ1) is 15.5. The smallest absolute Gasteiger partial charge is 0.258 e. The Morgan fingerprint density at radius 3 is 2.47 bits per heavy atom. The highest BCUT2D eigenvalue weighted by atomic mass is 32.2. The maximum absolute atomic E-state index is 13.7. The summed E-state index contributed by atoms with van der Waals surface area (Å²) in [6.07, 6.45) is 0.574. The predicted molar refractivity (Wildman–Crippen MR) is 67.8 cm³/mol. The number of hydrogen-bond acceptors (Lipinski definition) is 4. The molecule has 0 spiro atoms. The molecule has 0 aliphatic heterocycles. The van der Waals surface area contributed by atoms with Gasteiger partial charge in [-0.25, -0.2) is 12.8 Å². The summed E-state index contributed by atoms with van der Waals surface area (Å²) < 4.78 is 39.1. The van der Waals surface area contributed by atoms with Crippen LogP contribution in [0.1, 0.15) is 20.3 Å². The summed E-state index contributed by atoms with van der Waals surface area (Å²) >= 11 is 0. The first-order chi connectivity index (χ1) is 8.71. The fourth-order valence-electron chi connectivity index (χ4n) is 1.46. The fourth-order valence-corrected chi connectivity index (χ4v) is 2.94. The second-order valence-corrected chi connectivity index (χ2v) is 6.12. The van der Waals surface area contributed by atoms with Gasteiger partial charge in [0.25, 0.3) is 5.69 Å². The van der Waals surface area contributed by atoms with Crippen molar-refractivity contribution in [2.75, 3.05) is 7.05 Å². The third kappa shape index (κ3) is 3.07. The van der Waals surface area contributed by atoms with Gasteiger partial charge in [0.2, 0.25) is 10.0 Å². The van der Waals surface area contributed by atoms with Crippen LogP contribution < -0.4 is 0 Å². The van der Waals surface area contributed by atoms with Crippen molar-refractivity contribution < 1.29 is 17.7 Å². The molecule has 0 heterocycles. The van der Waals surface area contributed by atoms with Crippen molar-refractivity contribution in [3.63, 3.8) is 0 Å². The lowest BCUT2D eigenvalue weighted by molar-refractivity contribution is -0.385. The zero-order valence-corrected chi connectivity index (χ0v) is 11.6. The lowest BCUT2D eigenvalue weighted by Gasteiger charge is -2.23. The molecule has 1 atom stereocenters. The van der Waals surface area contributed by atoms with Crippen LogP contribution in [0.15, 0.2) is 23.1 Å². The topological polar surface area (TPSA) is 80.5 Å². The van der Waals surface area contributed by atoms with E-state index in [1.165, 1.54) is 7.05 Å². The van der Waals surface area contributed by atoms with Gasteiger partial charge in [-0.05, 0) is 19.4 Å². The first-order valence-corrected chi connectivity index (χ1v) is 7.07. The van der Waals surface area contributed by atoms with Crippen molar-refractivity contribution in [2.24, 2.45) is 0 Å². The lowest BCUT2D eigenvalue weighted by atomic mass is 10.3. The number of nitro groups is 1. The number of benzene rings is 1. The molecule has 0 bridgehead atoms. The summed E-state index contributed by atoms with van der Waals surface area (Å²) in [6, 6.07) is 2.21. The highest BCUT2D eigenvalue weighted by Gasteiger charge is 2.28. The molecule has 0 amide bonds. The molecule has 0 fully saturated rings. The van der Waals surface area contributed by atoms with E-state index in [4.69, 9.17) is 0 Å². The van der Waals surface area contributed by atoms with Crippen LogP contribution in [0.2, 0.25) is 0 Å². The monoisotopic (exact) mass is 290 g/mol. The first-order valence-electron chi connectivity index (χ1n) is 5.63. The van der Waals surface area contributed by atoms with Crippen molar-refractivity contribution in [1.82, 2.24) is 4.31 Å². The van der Waals surface area contributed by atoms with Crippen molar-refractivity contribution >= 4 is 15.7 Å². The average Bonchev–Trinajstić information content (AvgIpc) is 2.36. The van der Waals surface area contributed by atoms with Crippen molar-refractivity contribution in [2.45, 2.75) is 31.2 Å². The van der Waals surface area contributed by atoms with Gasteiger partial charge in [0.05, 0.1) is 11.0 Å². The van der Waals surface area contributed by atoms with Crippen LogP contribution in [0.4, 0.5) is 10.1 Å². The molecule has 0 aromatic heterocycles. The van der Waals surface area contributed by atoms with Crippen molar-refractivity contribution in [1.29, 1.82) is 0 Å². The molecule has 1 rings (SSSR count). The van der Waals surface area contributed by atoms with Gasteiger partial charge in [-0.2, -0.15) is 4.31 Å². The quantitative estimate of drug-likeness (QED) is 0.614. The van der Waals surface area contributed by atoms with Crippen molar-refractivity contribution in [3.8, 4) is 0 Å². The molecule has 0 saturated heterocycles. The van der Waals surface area contributed by atoms with Gasteiger partial charge in [-0.15, -0.1) is 0 Å². The number of hydrogen-bond donors (Lipinski definition) is 0. The number of nitrogens with zero attached hydrogens (tertiary/aromatic N) is 2. The molecule has 0 saturated carbocycles. The Hall–Kier alpha value is -1.54. The Morgan fingerprint density at radius 1 is 1.47 bits per heavy atom. The van der Waals surface area contributed by atoms with Crippen LogP contribution in [0.5, 0.6) is 0 Å². The Morgan fingerprint density at radius 2 is 2.05 bits per heavy atom. The van der Waals surface area contributed by atoms with E-state index in [0.717, 1.165) is 16.4 Å². The third-order valence-electron chi connectivity index (χ3n) is 2.99. The molecule has 106 valence electrons. The summed E-state index contributed by atoms with van der Waals surface area (Å²) in [5.41, 5.74) is -0.484. The van der Waals surface area contributed by atoms with Crippen LogP contribution in [-0.2, 0) is 10.0 Å². The molecule has 19 heavy (non-hydrogen) atoms. The summed E-state index contributed by atoms with van der Waals surface area (Å²) in [4.78, 5) is 9.15. The van der Waals surface area contributed by atoms with E-state index in [1.807, 2.05) is 6.92 Å². The molecule has 0 radical (unpaired) electrons. The van der Waals surface area contributed by atoms with Gasteiger partial charge >= 0.3 is 0 Å². The Kier molecular flexibility index (Phi) is 4.59. The second kappa shape index (κ2) is 5.62. The normalized spacial score (nSPS) is 13.5. The van der Waals surface area contributed by atoms with Gasteiger partial charge < -0.3 is 0 Å². The standard InChI is InChI=1S/C11H15FN2O4S/c1-4-8(2)13(3)19(17,18)11-6-5-9(14(15)16)7-10(11)12/h5-8H,4H2,1-3H3. The molecule has 1 aromatic carbocycles. The summed E-state index contributed by atoms with van der Waals surface area (Å²) in [7, 11) is -2.64. The number of halogens is 1. The Labute approximate surface area is 111 Å². The minimum absolute atomic E-state index is 0.292. The fraction of sp³-hybridized carbons (Fsp3) is 0.455. The zero-order chi connectivity index (χ0) is 14.8. The molecular weight excluding hydrogens is 275 g/mol. The molecule has 1 aromatic rings. The summed E-state index contributed by atoms with van der Waals surface area (Å²) in [5, 5.41) is 10.5. The minimum Gasteiger partial charge on any atom is -0.258 e. The predicted octanol–water partition coefficient (Wildman–Crippen LogP) is 2.15. The number of rotatable bonds is 5. The molecule has 0 N–H and O–H groups in total. The number of sulfonamides is 1. The van der Waals surface area contributed by atoms with E-state index in [2.05, 4.69) is 0 Å². The van der Waals surface area contributed by atoms with E-state index < -0.39 is 31.3 Å². The summed E-state index contributed by atoms with van der Waals surface area (Å²) in [5.74, 6) is -1.12. The van der Waals surface area contributed by atoms with Crippen LogP contribution in [0.3, 0.4) is 0 Å². The third-order valence-corrected chi connectivity index (χ3v) is 5.00. The largest absolute Gasteiger partial charge is 0.272 e. The summed E-state index contributed by atoms with van der Waals surface area (Å²) in [6.45, 7) is 3.50. The van der Waals surface area contributed by atoms with Gasteiger partial charge in [0.15, 0.2) is 0 Å². The molecule has 8 heteroatoms. The Bertz CT molecular complexity index is 588. The molecule has 6 nitrogen and oxygen atoms in total. The molecular formula is C11H15FN2O4S. The second-order valence-electron chi connectivity index (χ2n) is 4.15. The molecule has 0 aliphatic carbocycles. The molecule has 0 aliphatic rings. The minimum atomic E-state index is -3.99.